The van der Waals surface area contributed by atoms with E-state index < -0.39 is 0 Å². The second-order valence-corrected chi connectivity index (χ2v) is 5.74. The predicted octanol–water partition coefficient (Wildman–Crippen LogP) is 1.35. The van der Waals surface area contributed by atoms with Crippen molar-refractivity contribution in [1.29, 1.82) is 0 Å². The Kier molecular flexibility index (Phi) is 4.74. The number of nitrogens with one attached hydrogen (secondary N) is 1. The van der Waals surface area contributed by atoms with E-state index >= 15 is 0 Å². The summed E-state index contributed by atoms with van der Waals surface area (Å²) in [5, 5.41) is 7.14. The van der Waals surface area contributed by atoms with Crippen molar-refractivity contribution >= 4 is 17.2 Å². The van der Waals surface area contributed by atoms with Gasteiger partial charge in [-0.25, -0.2) is 0 Å². The first-order valence-corrected chi connectivity index (χ1v) is 7.39. The van der Waals surface area contributed by atoms with Crippen molar-refractivity contribution in [3.8, 4) is 0 Å². The molecular weight excluding hydrogens is 246 g/mol. The van der Waals surface area contributed by atoms with Crippen LogP contribution in [0.3, 0.4) is 0 Å². The van der Waals surface area contributed by atoms with Gasteiger partial charge < -0.3 is 11.1 Å². The highest BCUT2D eigenvalue weighted by molar-refractivity contribution is 7.07. The molecule has 2 heterocycles. The molecule has 0 bridgehead atoms. The highest BCUT2D eigenvalue weighted by Crippen LogP contribution is 2.15. The largest absolute Gasteiger partial charge is 0.348 e. The number of nitrogens with two attached hydrogens (primary N) is 1. The van der Waals surface area contributed by atoms with Gasteiger partial charge in [-0.1, -0.05) is 0 Å². The standard InChI is InChI=1S/C13H21N3OS/c1-10(11-4-7-18-9-11)15-13(17)8-16-5-2-12(14)3-6-16/h4,7,9-10,12H,2-3,5-6,8,14H2,1H3,(H,15,17). The molecule has 1 unspecified atom stereocenters. The highest BCUT2D eigenvalue weighted by atomic mass is 32.1. The number of amides is 1. The molecule has 1 amide bonds. The number of carbonyl (C=O) groups is 1. The lowest BCUT2D eigenvalue weighted by atomic mass is 10.1. The monoisotopic (exact) mass is 267 g/mol. The quantitative estimate of drug-likeness (QED) is 0.866. The highest BCUT2D eigenvalue weighted by Gasteiger charge is 2.19. The minimum atomic E-state index is 0.0933. The molecule has 2 rings (SSSR count). The molecule has 100 valence electrons. The molecule has 1 aliphatic rings. The van der Waals surface area contributed by atoms with Crippen LogP contribution in [0, 0.1) is 0 Å². The van der Waals surface area contributed by atoms with Gasteiger partial charge in [0, 0.05) is 19.1 Å². The molecule has 4 nitrogen and oxygen atoms in total. The van der Waals surface area contributed by atoms with Gasteiger partial charge in [0.15, 0.2) is 0 Å². The van der Waals surface area contributed by atoms with Crippen molar-refractivity contribution in [2.24, 2.45) is 5.73 Å². The van der Waals surface area contributed by atoms with Gasteiger partial charge in [0.1, 0.15) is 0 Å². The Morgan fingerprint density at radius 3 is 2.94 bits per heavy atom. The summed E-state index contributed by atoms with van der Waals surface area (Å²) in [4.78, 5) is 14.1. The van der Waals surface area contributed by atoms with E-state index in [1.165, 1.54) is 5.56 Å². The van der Waals surface area contributed by atoms with Crippen LogP contribution in [0.2, 0.25) is 0 Å². The number of rotatable bonds is 4. The Morgan fingerprint density at radius 1 is 1.61 bits per heavy atom. The summed E-state index contributed by atoms with van der Waals surface area (Å²) < 4.78 is 0. The summed E-state index contributed by atoms with van der Waals surface area (Å²) in [5.41, 5.74) is 7.02. The summed E-state index contributed by atoms with van der Waals surface area (Å²) in [6.45, 7) is 4.37. The molecule has 0 radical (unpaired) electrons. The first-order valence-electron chi connectivity index (χ1n) is 6.44. The first-order chi connectivity index (χ1) is 8.65. The summed E-state index contributed by atoms with van der Waals surface area (Å²) >= 11 is 1.66. The molecule has 1 aromatic rings. The molecule has 1 atom stereocenters. The molecule has 1 aromatic heterocycles. The maximum atomic E-state index is 11.9. The normalized spacial score (nSPS) is 19.7. The van der Waals surface area contributed by atoms with Gasteiger partial charge in [-0.3, -0.25) is 9.69 Å². The Morgan fingerprint density at radius 2 is 2.33 bits per heavy atom. The molecule has 18 heavy (non-hydrogen) atoms. The lowest BCUT2D eigenvalue weighted by Gasteiger charge is -2.29. The summed E-state index contributed by atoms with van der Waals surface area (Å²) in [6, 6.07) is 2.46. The average molecular weight is 267 g/mol. The van der Waals surface area contributed by atoms with Crippen LogP contribution in [0.25, 0.3) is 0 Å². The van der Waals surface area contributed by atoms with Crippen LogP contribution < -0.4 is 11.1 Å². The summed E-state index contributed by atoms with van der Waals surface area (Å²) in [7, 11) is 0. The minimum absolute atomic E-state index is 0.0933. The second-order valence-electron chi connectivity index (χ2n) is 4.96. The van der Waals surface area contributed by atoms with E-state index in [1.54, 1.807) is 11.3 Å². The number of piperidine rings is 1. The molecule has 0 aliphatic carbocycles. The van der Waals surface area contributed by atoms with E-state index in [2.05, 4.69) is 21.7 Å². The van der Waals surface area contributed by atoms with Crippen LogP contribution in [-0.4, -0.2) is 36.5 Å². The SMILES string of the molecule is CC(NC(=O)CN1CCC(N)CC1)c1ccsc1. The zero-order valence-electron chi connectivity index (χ0n) is 10.8. The van der Waals surface area contributed by atoms with Gasteiger partial charge in [0.2, 0.25) is 5.91 Å². The number of thiophene rings is 1. The van der Waals surface area contributed by atoms with Crippen LogP contribution in [0.15, 0.2) is 16.8 Å². The van der Waals surface area contributed by atoms with Crippen molar-refractivity contribution in [3.63, 3.8) is 0 Å². The number of hydrogen-bond donors (Lipinski definition) is 2. The zero-order chi connectivity index (χ0) is 13.0. The number of likely N-dealkylation sites (tertiary alicyclic amines) is 1. The van der Waals surface area contributed by atoms with Crippen LogP contribution in [0.4, 0.5) is 0 Å². The Bertz CT molecular complexity index is 372. The van der Waals surface area contributed by atoms with Crippen molar-refractivity contribution in [1.82, 2.24) is 10.2 Å². The van der Waals surface area contributed by atoms with E-state index in [1.807, 2.05) is 12.3 Å². The fourth-order valence-electron chi connectivity index (χ4n) is 2.21. The van der Waals surface area contributed by atoms with Crippen molar-refractivity contribution in [3.05, 3.63) is 22.4 Å². The third-order valence-electron chi connectivity index (χ3n) is 3.42. The molecule has 1 saturated heterocycles. The maximum Gasteiger partial charge on any atom is 0.234 e. The first kappa shape index (κ1) is 13.5. The summed E-state index contributed by atoms with van der Waals surface area (Å²) in [6.07, 6.45) is 1.99. The van der Waals surface area contributed by atoms with Crippen LogP contribution in [0.5, 0.6) is 0 Å². The maximum absolute atomic E-state index is 11.9. The van der Waals surface area contributed by atoms with E-state index in [4.69, 9.17) is 5.73 Å². The topological polar surface area (TPSA) is 58.4 Å². The second kappa shape index (κ2) is 6.31. The molecule has 5 heteroatoms. The lowest BCUT2D eigenvalue weighted by molar-refractivity contribution is -0.123. The number of hydrogen-bond acceptors (Lipinski definition) is 4. The van der Waals surface area contributed by atoms with E-state index in [9.17, 15) is 4.79 Å². The fourth-order valence-corrected chi connectivity index (χ4v) is 2.96. The predicted molar refractivity (Wildman–Crippen MR) is 74.5 cm³/mol. The molecule has 1 aliphatic heterocycles. The Labute approximate surface area is 112 Å². The Balaban J connectivity index is 1.75. The van der Waals surface area contributed by atoms with Gasteiger partial charge in [-0.2, -0.15) is 11.3 Å². The van der Waals surface area contributed by atoms with Crippen molar-refractivity contribution in [2.75, 3.05) is 19.6 Å². The lowest BCUT2D eigenvalue weighted by Crippen LogP contribution is -2.44. The van der Waals surface area contributed by atoms with Gasteiger partial charge in [0.25, 0.3) is 0 Å². The minimum Gasteiger partial charge on any atom is -0.348 e. The number of carbonyl (C=O) groups excluding carboxylic acids is 1. The average Bonchev–Trinajstić information content (AvgIpc) is 2.85. The smallest absolute Gasteiger partial charge is 0.234 e. The number of nitrogens with zero attached hydrogens (tertiary/aromatic N) is 1. The molecule has 3 N–H and O–H groups in total. The third kappa shape index (κ3) is 3.80. The van der Waals surface area contributed by atoms with Crippen molar-refractivity contribution in [2.45, 2.75) is 31.8 Å². The molecular formula is C13H21N3OS. The summed E-state index contributed by atoms with van der Waals surface area (Å²) in [5.74, 6) is 0.101. The van der Waals surface area contributed by atoms with Gasteiger partial charge in [0.05, 0.1) is 12.6 Å². The van der Waals surface area contributed by atoms with Gasteiger partial charge >= 0.3 is 0 Å². The van der Waals surface area contributed by atoms with E-state index in [0.29, 0.717) is 12.6 Å². The molecule has 1 fully saturated rings. The molecule has 0 spiro atoms. The molecule has 0 saturated carbocycles. The van der Waals surface area contributed by atoms with Crippen LogP contribution in [0.1, 0.15) is 31.4 Å². The fraction of sp³-hybridized carbons (Fsp3) is 0.615. The van der Waals surface area contributed by atoms with Gasteiger partial charge in [-0.05, 0) is 42.2 Å². The Hall–Kier alpha value is -0.910. The molecule has 0 aromatic carbocycles. The zero-order valence-corrected chi connectivity index (χ0v) is 11.6. The van der Waals surface area contributed by atoms with Crippen LogP contribution in [-0.2, 0) is 4.79 Å². The third-order valence-corrected chi connectivity index (χ3v) is 4.12. The van der Waals surface area contributed by atoms with Crippen LogP contribution >= 0.6 is 11.3 Å². The van der Waals surface area contributed by atoms with E-state index in [0.717, 1.165) is 25.9 Å². The van der Waals surface area contributed by atoms with Gasteiger partial charge in [-0.15, -0.1) is 0 Å². The van der Waals surface area contributed by atoms with E-state index in [-0.39, 0.29) is 11.9 Å². The van der Waals surface area contributed by atoms with Crippen molar-refractivity contribution < 1.29 is 4.79 Å².